The highest BCUT2D eigenvalue weighted by molar-refractivity contribution is 5.69. The van der Waals surface area contributed by atoms with Gasteiger partial charge >= 0.3 is 5.97 Å². The molecule has 3 nitrogen and oxygen atoms in total. The first kappa shape index (κ1) is 41.9. The molecule has 0 saturated heterocycles. The SMILES string of the molecule is CCCCCCCCC=CCCCCCCCCCCCC(=O)OCCCCCCCCC=CCC(O)CCCCCC. The zero-order valence-electron chi connectivity index (χ0n) is 29.3. The number of ether oxygens (including phenoxy) is 1. The maximum absolute atomic E-state index is 12.0. The first-order chi connectivity index (χ1) is 21.2. The third kappa shape index (κ3) is 37.0. The van der Waals surface area contributed by atoms with Crippen molar-refractivity contribution in [2.45, 2.75) is 219 Å². The van der Waals surface area contributed by atoms with Crippen LogP contribution in [0.3, 0.4) is 0 Å². The maximum atomic E-state index is 12.0. The third-order valence-corrected chi connectivity index (χ3v) is 8.64. The van der Waals surface area contributed by atoms with E-state index in [0.717, 1.165) is 51.4 Å². The fraction of sp³-hybridized carbons (Fsp3) is 0.875. The summed E-state index contributed by atoms with van der Waals surface area (Å²) in [5.74, 6) is -0.00103. The van der Waals surface area contributed by atoms with Crippen LogP contribution < -0.4 is 0 Å². The van der Waals surface area contributed by atoms with E-state index in [1.807, 2.05) is 0 Å². The number of carbonyl (C=O) groups is 1. The van der Waals surface area contributed by atoms with Gasteiger partial charge in [0.15, 0.2) is 0 Å². The predicted octanol–water partition coefficient (Wildman–Crippen LogP) is 13.1. The van der Waals surface area contributed by atoms with Gasteiger partial charge in [-0.05, 0) is 64.2 Å². The van der Waals surface area contributed by atoms with Crippen LogP contribution in [0.1, 0.15) is 213 Å². The molecule has 0 radical (unpaired) electrons. The molecule has 1 atom stereocenters. The fourth-order valence-electron chi connectivity index (χ4n) is 5.67. The van der Waals surface area contributed by atoms with Crippen molar-refractivity contribution in [3.8, 4) is 0 Å². The summed E-state index contributed by atoms with van der Waals surface area (Å²) in [4.78, 5) is 12.0. The predicted molar refractivity (Wildman–Crippen MR) is 190 cm³/mol. The molecule has 0 fully saturated rings. The zero-order chi connectivity index (χ0) is 31.3. The monoisotopic (exact) mass is 605 g/mol. The van der Waals surface area contributed by atoms with Gasteiger partial charge in [0.25, 0.3) is 0 Å². The normalized spacial score (nSPS) is 12.5. The van der Waals surface area contributed by atoms with Crippen LogP contribution >= 0.6 is 0 Å². The summed E-state index contributed by atoms with van der Waals surface area (Å²) in [6, 6.07) is 0. The lowest BCUT2D eigenvalue weighted by Crippen LogP contribution is -2.05. The second-order valence-electron chi connectivity index (χ2n) is 13.1. The van der Waals surface area contributed by atoms with E-state index in [4.69, 9.17) is 4.74 Å². The molecule has 0 aromatic heterocycles. The van der Waals surface area contributed by atoms with Crippen LogP contribution in [0.4, 0.5) is 0 Å². The third-order valence-electron chi connectivity index (χ3n) is 8.64. The van der Waals surface area contributed by atoms with Crippen LogP contribution in [0.15, 0.2) is 24.3 Å². The summed E-state index contributed by atoms with van der Waals surface area (Å²) in [5, 5.41) is 9.99. The molecule has 0 amide bonds. The molecule has 0 bridgehead atoms. The van der Waals surface area contributed by atoms with E-state index in [1.54, 1.807) is 0 Å². The molecule has 1 N–H and O–H groups in total. The molecule has 0 aliphatic heterocycles. The fourth-order valence-corrected chi connectivity index (χ4v) is 5.67. The van der Waals surface area contributed by atoms with Crippen LogP contribution in [0, 0.1) is 0 Å². The van der Waals surface area contributed by atoms with Gasteiger partial charge in [-0.2, -0.15) is 0 Å². The van der Waals surface area contributed by atoms with Crippen LogP contribution in [-0.4, -0.2) is 23.8 Å². The van der Waals surface area contributed by atoms with Crippen molar-refractivity contribution in [3.63, 3.8) is 0 Å². The average molecular weight is 605 g/mol. The molecular weight excluding hydrogens is 528 g/mol. The van der Waals surface area contributed by atoms with Gasteiger partial charge in [0.2, 0.25) is 0 Å². The average Bonchev–Trinajstić information content (AvgIpc) is 3.01. The van der Waals surface area contributed by atoms with Crippen molar-refractivity contribution >= 4 is 5.97 Å². The molecule has 0 aromatic carbocycles. The molecule has 0 aromatic rings. The smallest absolute Gasteiger partial charge is 0.305 e. The maximum Gasteiger partial charge on any atom is 0.305 e. The van der Waals surface area contributed by atoms with Crippen molar-refractivity contribution in [2.24, 2.45) is 0 Å². The van der Waals surface area contributed by atoms with Gasteiger partial charge in [-0.1, -0.05) is 167 Å². The standard InChI is InChI=1S/C40H76O3/c1-3-5-7-9-10-11-12-13-14-15-16-17-18-19-20-23-26-29-33-37-40(42)43-38-34-30-27-24-21-22-25-28-32-36-39(41)35-31-8-6-4-2/h13-14,28,32,39,41H,3-12,15-27,29-31,33-38H2,1-2H3. The first-order valence-electron chi connectivity index (χ1n) is 19.3. The van der Waals surface area contributed by atoms with Gasteiger partial charge < -0.3 is 9.84 Å². The molecule has 0 aliphatic carbocycles. The van der Waals surface area contributed by atoms with Gasteiger partial charge in [-0.3, -0.25) is 4.79 Å². The Morgan fingerprint density at radius 2 is 0.907 bits per heavy atom. The number of aliphatic hydroxyl groups is 1. The Morgan fingerprint density at radius 3 is 1.42 bits per heavy atom. The summed E-state index contributed by atoms with van der Waals surface area (Å²) in [5.41, 5.74) is 0. The first-order valence-corrected chi connectivity index (χ1v) is 19.3. The molecule has 0 saturated carbocycles. The van der Waals surface area contributed by atoms with Gasteiger partial charge in [0, 0.05) is 6.42 Å². The summed E-state index contributed by atoms with van der Waals surface area (Å²) in [6.07, 6.45) is 47.0. The van der Waals surface area contributed by atoms with Gasteiger partial charge in [-0.25, -0.2) is 0 Å². The lowest BCUT2D eigenvalue weighted by molar-refractivity contribution is -0.143. The summed E-state index contributed by atoms with van der Waals surface area (Å²) < 4.78 is 5.43. The Morgan fingerprint density at radius 1 is 0.512 bits per heavy atom. The molecule has 254 valence electrons. The Kier molecular flexibility index (Phi) is 36.2. The quantitative estimate of drug-likeness (QED) is 0.0444. The van der Waals surface area contributed by atoms with Crippen molar-refractivity contribution in [1.82, 2.24) is 0 Å². The lowest BCUT2D eigenvalue weighted by Gasteiger charge is -2.07. The second-order valence-corrected chi connectivity index (χ2v) is 13.1. The lowest BCUT2D eigenvalue weighted by atomic mass is 10.1. The van der Waals surface area contributed by atoms with E-state index in [-0.39, 0.29) is 12.1 Å². The largest absolute Gasteiger partial charge is 0.466 e. The Hall–Kier alpha value is -1.09. The van der Waals surface area contributed by atoms with Crippen molar-refractivity contribution in [3.05, 3.63) is 24.3 Å². The molecule has 3 heteroatoms. The highest BCUT2D eigenvalue weighted by atomic mass is 16.5. The van der Waals surface area contributed by atoms with E-state index in [9.17, 15) is 9.90 Å². The van der Waals surface area contributed by atoms with Crippen molar-refractivity contribution < 1.29 is 14.6 Å². The molecule has 0 heterocycles. The Balaban J connectivity index is 3.26. The summed E-state index contributed by atoms with van der Waals surface area (Å²) in [6.45, 7) is 5.10. The van der Waals surface area contributed by atoms with E-state index in [2.05, 4.69) is 38.2 Å². The second kappa shape index (κ2) is 37.1. The molecule has 0 spiro atoms. The van der Waals surface area contributed by atoms with Crippen molar-refractivity contribution in [1.29, 1.82) is 0 Å². The summed E-state index contributed by atoms with van der Waals surface area (Å²) >= 11 is 0. The summed E-state index contributed by atoms with van der Waals surface area (Å²) in [7, 11) is 0. The molecule has 1 unspecified atom stereocenters. The number of esters is 1. The van der Waals surface area contributed by atoms with E-state index < -0.39 is 0 Å². The molecular formula is C40H76O3. The number of aliphatic hydroxyl groups excluding tert-OH is 1. The minimum absolute atomic E-state index is 0.00103. The number of hydrogen-bond acceptors (Lipinski definition) is 3. The molecule has 43 heavy (non-hydrogen) atoms. The number of rotatable bonds is 35. The minimum atomic E-state index is -0.158. The van der Waals surface area contributed by atoms with E-state index in [1.165, 1.54) is 141 Å². The molecule has 0 aliphatic rings. The van der Waals surface area contributed by atoms with Crippen LogP contribution in [0.5, 0.6) is 0 Å². The van der Waals surface area contributed by atoms with Gasteiger partial charge in [0.1, 0.15) is 0 Å². The van der Waals surface area contributed by atoms with Crippen LogP contribution in [-0.2, 0) is 9.53 Å². The zero-order valence-corrected chi connectivity index (χ0v) is 29.3. The number of carbonyl (C=O) groups excluding carboxylic acids is 1. The Bertz CT molecular complexity index is 597. The number of unbranched alkanes of at least 4 members (excludes halogenated alkanes) is 24. The van der Waals surface area contributed by atoms with E-state index in [0.29, 0.717) is 13.0 Å². The number of hydrogen-bond donors (Lipinski definition) is 1. The Labute approximate surface area is 270 Å². The van der Waals surface area contributed by atoms with Crippen molar-refractivity contribution in [2.75, 3.05) is 6.61 Å². The van der Waals surface area contributed by atoms with Crippen LogP contribution in [0.2, 0.25) is 0 Å². The highest BCUT2D eigenvalue weighted by Gasteiger charge is 2.03. The highest BCUT2D eigenvalue weighted by Crippen LogP contribution is 2.14. The number of allylic oxidation sites excluding steroid dienone is 3. The van der Waals surface area contributed by atoms with Crippen LogP contribution in [0.25, 0.3) is 0 Å². The topological polar surface area (TPSA) is 46.5 Å². The van der Waals surface area contributed by atoms with E-state index >= 15 is 0 Å². The molecule has 0 rings (SSSR count). The van der Waals surface area contributed by atoms with Gasteiger partial charge in [0.05, 0.1) is 12.7 Å². The minimum Gasteiger partial charge on any atom is -0.466 e. The van der Waals surface area contributed by atoms with Gasteiger partial charge in [-0.15, -0.1) is 0 Å².